The van der Waals surface area contributed by atoms with E-state index in [2.05, 4.69) is 5.32 Å². The van der Waals surface area contributed by atoms with Gasteiger partial charge < -0.3 is 10.8 Å². The zero-order chi connectivity index (χ0) is 14.2. The third kappa shape index (κ3) is 2.75. The minimum absolute atomic E-state index is 0.0751. The van der Waals surface area contributed by atoms with Crippen molar-refractivity contribution in [1.29, 1.82) is 0 Å². The first-order chi connectivity index (χ1) is 8.77. The fraction of sp³-hybridized carbons (Fsp3) is 0. The van der Waals surface area contributed by atoms with E-state index in [4.69, 9.17) is 15.4 Å². The van der Waals surface area contributed by atoms with E-state index >= 15 is 0 Å². The van der Waals surface area contributed by atoms with E-state index in [1.165, 1.54) is 24.3 Å². The molecule has 100 valence electrons. The SMILES string of the molecule is Nc1cc2ccc(NC(=O)O)cc2cc1S(=O)(=O)O. The van der Waals surface area contributed by atoms with E-state index in [1.807, 2.05) is 0 Å². The third-order valence-electron chi connectivity index (χ3n) is 2.50. The van der Waals surface area contributed by atoms with E-state index in [0.717, 1.165) is 0 Å². The zero-order valence-corrected chi connectivity index (χ0v) is 10.3. The van der Waals surface area contributed by atoms with Crippen molar-refractivity contribution in [2.45, 2.75) is 4.90 Å². The van der Waals surface area contributed by atoms with E-state index in [-0.39, 0.29) is 11.4 Å². The fourth-order valence-electron chi connectivity index (χ4n) is 1.72. The molecule has 5 N–H and O–H groups in total. The molecule has 2 aromatic rings. The molecule has 19 heavy (non-hydrogen) atoms. The van der Waals surface area contributed by atoms with E-state index < -0.39 is 21.1 Å². The number of hydrogen-bond acceptors (Lipinski definition) is 4. The Labute approximate surface area is 108 Å². The summed E-state index contributed by atoms with van der Waals surface area (Å²) in [5.74, 6) is 0. The molecule has 0 aliphatic carbocycles. The van der Waals surface area contributed by atoms with Gasteiger partial charge in [0.2, 0.25) is 0 Å². The van der Waals surface area contributed by atoms with Crippen LogP contribution in [-0.4, -0.2) is 24.2 Å². The second kappa shape index (κ2) is 4.41. The average Bonchev–Trinajstić information content (AvgIpc) is 2.26. The average molecular weight is 282 g/mol. The standard InChI is InChI=1S/C11H10N2O5S/c12-9-4-6-1-2-8(13-11(14)15)3-7(6)5-10(9)19(16,17)18/h1-5,13H,12H2,(H,14,15)(H,16,17,18). The number of benzene rings is 2. The van der Waals surface area contributed by atoms with Crippen LogP contribution in [0, 0.1) is 0 Å². The van der Waals surface area contributed by atoms with Gasteiger partial charge in [-0.2, -0.15) is 8.42 Å². The number of nitrogens with one attached hydrogen (secondary N) is 1. The lowest BCUT2D eigenvalue weighted by atomic mass is 10.1. The van der Waals surface area contributed by atoms with Crippen molar-refractivity contribution < 1.29 is 22.9 Å². The highest BCUT2D eigenvalue weighted by Gasteiger charge is 2.15. The third-order valence-corrected chi connectivity index (χ3v) is 3.41. The quantitative estimate of drug-likeness (QED) is 0.490. The van der Waals surface area contributed by atoms with Crippen LogP contribution in [0.3, 0.4) is 0 Å². The van der Waals surface area contributed by atoms with Gasteiger partial charge in [0.25, 0.3) is 10.1 Å². The Bertz CT molecular complexity index is 770. The first kappa shape index (κ1) is 13.1. The number of carbonyl (C=O) groups is 1. The van der Waals surface area contributed by atoms with Gasteiger partial charge in [-0.15, -0.1) is 0 Å². The Morgan fingerprint density at radius 1 is 1.16 bits per heavy atom. The smallest absolute Gasteiger partial charge is 0.409 e. The predicted molar refractivity (Wildman–Crippen MR) is 69.8 cm³/mol. The van der Waals surface area contributed by atoms with Gasteiger partial charge in [-0.1, -0.05) is 6.07 Å². The highest BCUT2D eigenvalue weighted by atomic mass is 32.2. The van der Waals surface area contributed by atoms with Crippen molar-refractivity contribution in [3.05, 3.63) is 30.3 Å². The van der Waals surface area contributed by atoms with Crippen LogP contribution in [0.5, 0.6) is 0 Å². The zero-order valence-electron chi connectivity index (χ0n) is 9.49. The number of nitrogen functional groups attached to an aromatic ring is 1. The normalized spacial score (nSPS) is 11.4. The summed E-state index contributed by atoms with van der Waals surface area (Å²) in [5.41, 5.74) is 5.75. The summed E-state index contributed by atoms with van der Waals surface area (Å²) < 4.78 is 31.3. The number of amides is 1. The molecule has 0 aliphatic heterocycles. The highest BCUT2D eigenvalue weighted by molar-refractivity contribution is 7.86. The largest absolute Gasteiger partial charge is 0.465 e. The van der Waals surface area contributed by atoms with Crippen molar-refractivity contribution in [2.75, 3.05) is 11.1 Å². The lowest BCUT2D eigenvalue weighted by Gasteiger charge is -2.07. The molecule has 0 spiro atoms. The summed E-state index contributed by atoms with van der Waals surface area (Å²) in [4.78, 5) is 10.1. The van der Waals surface area contributed by atoms with Crippen LogP contribution in [0.25, 0.3) is 10.8 Å². The van der Waals surface area contributed by atoms with Crippen molar-refractivity contribution in [2.24, 2.45) is 0 Å². The summed E-state index contributed by atoms with van der Waals surface area (Å²) >= 11 is 0. The molecule has 7 nitrogen and oxygen atoms in total. The number of rotatable bonds is 2. The molecule has 8 heteroatoms. The molecule has 0 atom stereocenters. The molecular formula is C11H10N2O5S. The van der Waals surface area contributed by atoms with Crippen molar-refractivity contribution in [3.8, 4) is 0 Å². The lowest BCUT2D eigenvalue weighted by Crippen LogP contribution is -2.07. The minimum atomic E-state index is -4.42. The highest BCUT2D eigenvalue weighted by Crippen LogP contribution is 2.27. The summed E-state index contributed by atoms with van der Waals surface area (Å²) in [6.45, 7) is 0. The molecule has 0 heterocycles. The van der Waals surface area contributed by atoms with Gasteiger partial charge in [-0.05, 0) is 35.0 Å². The van der Waals surface area contributed by atoms with Gasteiger partial charge in [0.1, 0.15) is 4.90 Å². The van der Waals surface area contributed by atoms with Gasteiger partial charge in [0.05, 0.1) is 5.69 Å². The van der Waals surface area contributed by atoms with Gasteiger partial charge in [-0.3, -0.25) is 9.87 Å². The van der Waals surface area contributed by atoms with Crippen LogP contribution in [-0.2, 0) is 10.1 Å². The van der Waals surface area contributed by atoms with Crippen LogP contribution in [0.2, 0.25) is 0 Å². The topological polar surface area (TPSA) is 130 Å². The maximum absolute atomic E-state index is 11.1. The second-order valence-electron chi connectivity index (χ2n) is 3.86. The van der Waals surface area contributed by atoms with Gasteiger partial charge in [0, 0.05) is 5.69 Å². The number of nitrogens with two attached hydrogens (primary N) is 1. The molecule has 0 saturated heterocycles. The molecule has 0 aliphatic rings. The second-order valence-corrected chi connectivity index (χ2v) is 5.25. The molecule has 0 radical (unpaired) electrons. The number of fused-ring (bicyclic) bond motifs is 1. The Kier molecular flexibility index (Phi) is 3.05. The van der Waals surface area contributed by atoms with Crippen molar-refractivity contribution in [1.82, 2.24) is 0 Å². The Balaban J connectivity index is 2.65. The minimum Gasteiger partial charge on any atom is -0.465 e. The van der Waals surface area contributed by atoms with E-state index in [0.29, 0.717) is 10.8 Å². The van der Waals surface area contributed by atoms with Crippen LogP contribution < -0.4 is 11.1 Å². The molecule has 1 amide bonds. The summed E-state index contributed by atoms with van der Waals surface area (Å²) in [5, 5.41) is 11.8. The van der Waals surface area contributed by atoms with Crippen LogP contribution in [0.15, 0.2) is 35.2 Å². The molecule has 2 rings (SSSR count). The number of carboxylic acid groups (broad SMARTS) is 1. The molecule has 0 saturated carbocycles. The van der Waals surface area contributed by atoms with Crippen LogP contribution in [0.1, 0.15) is 0 Å². The van der Waals surface area contributed by atoms with Crippen molar-refractivity contribution >= 4 is 38.4 Å². The maximum atomic E-state index is 11.1. The fourth-order valence-corrected chi connectivity index (χ4v) is 2.35. The first-order valence-corrected chi connectivity index (χ1v) is 6.52. The molecule has 0 fully saturated rings. The van der Waals surface area contributed by atoms with E-state index in [9.17, 15) is 13.2 Å². The number of anilines is 2. The van der Waals surface area contributed by atoms with Gasteiger partial charge >= 0.3 is 6.09 Å². The monoisotopic (exact) mass is 282 g/mol. The predicted octanol–water partition coefficient (Wildman–Crippen LogP) is 1.76. The Hall–Kier alpha value is -2.32. The summed E-state index contributed by atoms with van der Waals surface area (Å²) in [6.07, 6.45) is -1.23. The van der Waals surface area contributed by atoms with Crippen LogP contribution >= 0.6 is 0 Å². The van der Waals surface area contributed by atoms with Gasteiger partial charge in [0.15, 0.2) is 0 Å². The van der Waals surface area contributed by atoms with Gasteiger partial charge in [-0.25, -0.2) is 4.79 Å². The summed E-state index contributed by atoms with van der Waals surface area (Å²) in [6, 6.07) is 7.13. The molecular weight excluding hydrogens is 272 g/mol. The summed E-state index contributed by atoms with van der Waals surface area (Å²) in [7, 11) is -4.42. The Morgan fingerprint density at radius 3 is 2.42 bits per heavy atom. The Morgan fingerprint density at radius 2 is 1.84 bits per heavy atom. The van der Waals surface area contributed by atoms with E-state index in [1.54, 1.807) is 6.07 Å². The number of hydrogen-bond donors (Lipinski definition) is 4. The molecule has 2 aromatic carbocycles. The maximum Gasteiger partial charge on any atom is 0.409 e. The molecule has 0 unspecified atom stereocenters. The van der Waals surface area contributed by atoms with Crippen molar-refractivity contribution in [3.63, 3.8) is 0 Å². The lowest BCUT2D eigenvalue weighted by molar-refractivity contribution is 0.209. The first-order valence-electron chi connectivity index (χ1n) is 5.08. The molecule has 0 bridgehead atoms. The van der Waals surface area contributed by atoms with Crippen LogP contribution in [0.4, 0.5) is 16.2 Å². The molecule has 0 aromatic heterocycles.